The average molecular weight is 152 g/mol. The van der Waals surface area contributed by atoms with Crippen LogP contribution >= 0.6 is 8.60 Å². The molecule has 3 nitrogen and oxygen atoms in total. The third-order valence-corrected chi connectivity index (χ3v) is 0.734. The molecule has 0 aromatic rings. The van der Waals surface area contributed by atoms with Crippen LogP contribution in [0.3, 0.4) is 0 Å². The summed E-state index contributed by atoms with van der Waals surface area (Å²) in [4.78, 5) is 15.9. The van der Waals surface area contributed by atoms with Crippen LogP contribution in [0.4, 0.5) is 0 Å². The van der Waals surface area contributed by atoms with Gasteiger partial charge in [-0.25, -0.2) is 0 Å². The van der Waals surface area contributed by atoms with E-state index in [1.54, 1.807) is 6.92 Å². The quantitative estimate of drug-likeness (QED) is 0.435. The summed E-state index contributed by atoms with van der Waals surface area (Å²) in [5, 5.41) is 0. The van der Waals surface area contributed by atoms with E-state index in [4.69, 9.17) is 9.79 Å². The Morgan fingerprint density at radius 1 is 1.71 bits per heavy atom. The molecular weight excluding hydrogens is 143 g/mol. The van der Waals surface area contributed by atoms with E-state index in [0.29, 0.717) is 6.61 Å². The zero-order chi connectivity index (χ0) is 4.99. The Morgan fingerprint density at radius 2 is 2.14 bits per heavy atom. The van der Waals surface area contributed by atoms with Crippen molar-refractivity contribution in [1.29, 1.82) is 0 Å². The third kappa shape index (κ3) is 11.2. The fourth-order valence-electron chi connectivity index (χ4n) is 0.115. The Hall–Kier alpha value is 1.57. The number of rotatable bonds is 2. The average Bonchev–Trinajstić information content (AvgIpc) is 1.35. The minimum absolute atomic E-state index is 0. The predicted molar refractivity (Wildman–Crippen MR) is 31.0 cm³/mol. The van der Waals surface area contributed by atoms with Crippen molar-refractivity contribution in [3.8, 4) is 0 Å². The molecular formula is C2H9CaO3P. The van der Waals surface area contributed by atoms with Crippen LogP contribution in [0, 0.1) is 0 Å². The van der Waals surface area contributed by atoms with E-state index in [0.717, 1.165) is 0 Å². The summed E-state index contributed by atoms with van der Waals surface area (Å²) >= 11 is 0. The maximum atomic E-state index is 7.95. The normalized spacial score (nSPS) is 8.57. The molecule has 0 spiro atoms. The van der Waals surface area contributed by atoms with Crippen LogP contribution in [0.15, 0.2) is 0 Å². The Balaban J connectivity index is -0.0000000417. The first-order valence-corrected chi connectivity index (χ1v) is 2.74. The second-order valence-electron chi connectivity index (χ2n) is 0.671. The van der Waals surface area contributed by atoms with Crippen LogP contribution in [-0.4, -0.2) is 54.1 Å². The van der Waals surface area contributed by atoms with Gasteiger partial charge in [-0.15, -0.1) is 0 Å². The summed E-state index contributed by atoms with van der Waals surface area (Å²) in [6.45, 7) is 2.06. The van der Waals surface area contributed by atoms with E-state index in [1.807, 2.05) is 0 Å². The van der Waals surface area contributed by atoms with E-state index in [-0.39, 0.29) is 40.6 Å². The van der Waals surface area contributed by atoms with E-state index < -0.39 is 8.60 Å². The Labute approximate surface area is 76.7 Å². The van der Waals surface area contributed by atoms with Crippen molar-refractivity contribution in [2.24, 2.45) is 0 Å². The van der Waals surface area contributed by atoms with E-state index in [1.165, 1.54) is 0 Å². The first-order valence-electron chi connectivity index (χ1n) is 1.58. The summed E-state index contributed by atoms with van der Waals surface area (Å²) < 4.78 is 4.22. The molecule has 2 N–H and O–H groups in total. The summed E-state index contributed by atoms with van der Waals surface area (Å²) in [5.74, 6) is 0. The van der Waals surface area contributed by atoms with Crippen molar-refractivity contribution < 1.29 is 17.2 Å². The summed E-state index contributed by atoms with van der Waals surface area (Å²) in [6.07, 6.45) is 0. The van der Waals surface area contributed by atoms with Gasteiger partial charge in [-0.1, -0.05) is 0 Å². The summed E-state index contributed by atoms with van der Waals surface area (Å²) in [6, 6.07) is 0. The second kappa shape index (κ2) is 7.57. The number of hydrogen-bond donors (Lipinski definition) is 2. The molecule has 0 aliphatic heterocycles. The molecule has 5 heteroatoms. The fourth-order valence-corrected chi connectivity index (χ4v) is 0.346. The molecule has 0 aliphatic rings. The van der Waals surface area contributed by atoms with Gasteiger partial charge in [0.15, 0.2) is 0 Å². The first kappa shape index (κ1) is 11.4. The maximum Gasteiger partial charge on any atom is 2.00 e. The van der Waals surface area contributed by atoms with Gasteiger partial charge in [-0.2, -0.15) is 0 Å². The molecule has 0 atom stereocenters. The minimum Gasteiger partial charge on any atom is -1.00 e. The smallest absolute Gasteiger partial charge is 1.00 e. The molecule has 0 saturated carbocycles. The van der Waals surface area contributed by atoms with E-state index >= 15 is 0 Å². The van der Waals surface area contributed by atoms with Crippen molar-refractivity contribution in [2.75, 3.05) is 6.61 Å². The summed E-state index contributed by atoms with van der Waals surface area (Å²) in [7, 11) is -2.10. The predicted octanol–water partition coefficient (Wildman–Crippen LogP) is 0.0786. The zero-order valence-electron chi connectivity index (χ0n) is 6.16. The molecule has 0 rings (SSSR count). The Bertz CT molecular complexity index is 41.0. The molecule has 0 amide bonds. The van der Waals surface area contributed by atoms with Gasteiger partial charge in [0, 0.05) is 0 Å². The fraction of sp³-hybridized carbons (Fsp3) is 1.00. The van der Waals surface area contributed by atoms with Crippen molar-refractivity contribution in [3.05, 3.63) is 0 Å². The molecule has 0 bridgehead atoms. The van der Waals surface area contributed by atoms with Crippen molar-refractivity contribution >= 4 is 46.3 Å². The first-order chi connectivity index (χ1) is 2.77. The zero-order valence-corrected chi connectivity index (χ0v) is 7.27. The third-order valence-electron chi connectivity index (χ3n) is 0.245. The van der Waals surface area contributed by atoms with E-state index in [2.05, 4.69) is 4.52 Å². The van der Waals surface area contributed by atoms with E-state index in [9.17, 15) is 0 Å². The van der Waals surface area contributed by atoms with Crippen LogP contribution in [0.5, 0.6) is 0 Å². The molecule has 0 heterocycles. The van der Waals surface area contributed by atoms with Crippen LogP contribution in [0.1, 0.15) is 9.78 Å². The molecule has 0 fully saturated rings. The van der Waals surface area contributed by atoms with Crippen LogP contribution < -0.4 is 0 Å². The standard InChI is InChI=1S/C2H7O3P.Ca.2H/c1-2-5-6(3)4;;;/h3-4H,2H2,1H3;;;/q;+2;2*-1. The van der Waals surface area contributed by atoms with Crippen molar-refractivity contribution in [3.63, 3.8) is 0 Å². The van der Waals surface area contributed by atoms with Crippen molar-refractivity contribution in [1.82, 2.24) is 0 Å². The van der Waals surface area contributed by atoms with Crippen LogP contribution in [0.25, 0.3) is 0 Å². The van der Waals surface area contributed by atoms with Gasteiger partial charge >= 0.3 is 46.3 Å². The monoisotopic (exact) mass is 152 g/mol. The Kier molecular flexibility index (Phi) is 12.3. The SMILES string of the molecule is CCOP(O)O.[Ca+2].[H-].[H-]. The molecule has 0 aromatic heterocycles. The molecule has 0 unspecified atom stereocenters. The Morgan fingerprint density at radius 3 is 2.14 bits per heavy atom. The van der Waals surface area contributed by atoms with Gasteiger partial charge in [-0.3, -0.25) is 0 Å². The minimum atomic E-state index is -2.10. The number of hydrogen-bond acceptors (Lipinski definition) is 3. The maximum absolute atomic E-state index is 7.95. The molecule has 42 valence electrons. The molecule has 0 aliphatic carbocycles. The van der Waals surface area contributed by atoms with Crippen molar-refractivity contribution in [2.45, 2.75) is 6.92 Å². The van der Waals surface area contributed by atoms with Gasteiger partial charge in [0.1, 0.15) is 0 Å². The van der Waals surface area contributed by atoms with Crippen LogP contribution in [0.2, 0.25) is 0 Å². The van der Waals surface area contributed by atoms with Gasteiger partial charge in [-0.05, 0) is 6.92 Å². The topological polar surface area (TPSA) is 49.7 Å². The molecule has 0 saturated heterocycles. The van der Waals surface area contributed by atoms with Crippen LogP contribution in [-0.2, 0) is 4.52 Å². The van der Waals surface area contributed by atoms with Gasteiger partial charge in [0.05, 0.1) is 6.61 Å². The molecule has 0 radical (unpaired) electrons. The van der Waals surface area contributed by atoms with Gasteiger partial charge in [0.25, 0.3) is 0 Å². The molecule has 0 aromatic carbocycles. The van der Waals surface area contributed by atoms with Gasteiger partial charge in [0.2, 0.25) is 0 Å². The largest absolute Gasteiger partial charge is 2.00 e. The molecule has 7 heavy (non-hydrogen) atoms. The van der Waals surface area contributed by atoms with Gasteiger partial charge < -0.3 is 17.2 Å². The summed E-state index contributed by atoms with van der Waals surface area (Å²) in [5.41, 5.74) is 0. The second-order valence-corrected chi connectivity index (χ2v) is 1.43.